The van der Waals surface area contributed by atoms with Crippen LogP contribution in [0.3, 0.4) is 0 Å². The molecule has 0 radical (unpaired) electrons. The van der Waals surface area contributed by atoms with Crippen molar-refractivity contribution in [2.24, 2.45) is 0 Å². The molecule has 0 saturated heterocycles. The first-order valence-corrected chi connectivity index (χ1v) is 4.98. The molecule has 0 amide bonds. The van der Waals surface area contributed by atoms with Crippen molar-refractivity contribution in [1.82, 2.24) is 0 Å². The van der Waals surface area contributed by atoms with Crippen LogP contribution in [-0.4, -0.2) is 5.11 Å². The second-order valence-corrected chi connectivity index (χ2v) is 4.14. The molecule has 0 fully saturated rings. The Hall–Kier alpha value is -0.600. The van der Waals surface area contributed by atoms with E-state index in [0.29, 0.717) is 0 Å². The first-order chi connectivity index (χ1) is 6.43. The predicted molar refractivity (Wildman–Crippen MR) is 56.1 cm³/mol. The Morgan fingerprint density at radius 1 is 1.29 bits per heavy atom. The van der Waals surface area contributed by atoms with Crippen LogP contribution < -0.4 is 0 Å². The van der Waals surface area contributed by atoms with Gasteiger partial charge in [0.05, 0.1) is 11.1 Å². The monoisotopic (exact) mass is 216 g/mol. The number of benzene rings is 1. The van der Waals surface area contributed by atoms with Crippen LogP contribution in [0, 0.1) is 5.82 Å². The fourth-order valence-electron chi connectivity index (χ4n) is 1.27. The lowest BCUT2D eigenvalue weighted by Gasteiger charge is -2.12. The summed E-state index contributed by atoms with van der Waals surface area (Å²) < 4.78 is 13.4. The third-order valence-electron chi connectivity index (χ3n) is 2.20. The van der Waals surface area contributed by atoms with E-state index in [0.717, 1.165) is 5.56 Å². The van der Waals surface area contributed by atoms with Crippen molar-refractivity contribution in [2.75, 3.05) is 0 Å². The molecule has 0 aromatic heterocycles. The van der Waals surface area contributed by atoms with E-state index in [1.165, 1.54) is 6.92 Å². The molecule has 0 saturated carbocycles. The third-order valence-corrected chi connectivity index (χ3v) is 2.47. The van der Waals surface area contributed by atoms with E-state index in [2.05, 4.69) is 0 Å². The van der Waals surface area contributed by atoms with Gasteiger partial charge in [0.25, 0.3) is 0 Å². The quantitative estimate of drug-likeness (QED) is 0.800. The van der Waals surface area contributed by atoms with Crippen LogP contribution in [0.15, 0.2) is 12.1 Å². The van der Waals surface area contributed by atoms with Crippen LogP contribution in [0.1, 0.15) is 43.9 Å². The van der Waals surface area contributed by atoms with Gasteiger partial charge in [-0.15, -0.1) is 0 Å². The lowest BCUT2D eigenvalue weighted by atomic mass is 9.98. The molecule has 0 aliphatic heterocycles. The van der Waals surface area contributed by atoms with Crippen molar-refractivity contribution >= 4 is 11.6 Å². The molecular formula is C11H14ClFO. The fraction of sp³-hybridized carbons (Fsp3) is 0.455. The minimum atomic E-state index is -0.828. The summed E-state index contributed by atoms with van der Waals surface area (Å²) in [5, 5.41) is 9.41. The van der Waals surface area contributed by atoms with Gasteiger partial charge in [0.1, 0.15) is 5.82 Å². The van der Waals surface area contributed by atoms with Gasteiger partial charge in [-0.1, -0.05) is 25.4 Å². The molecule has 78 valence electrons. The molecule has 14 heavy (non-hydrogen) atoms. The third kappa shape index (κ3) is 2.25. The molecule has 1 nitrogen and oxygen atoms in total. The Kier molecular flexibility index (Phi) is 3.51. The van der Waals surface area contributed by atoms with E-state index < -0.39 is 11.9 Å². The first-order valence-electron chi connectivity index (χ1n) is 4.60. The Labute approximate surface area is 88.5 Å². The van der Waals surface area contributed by atoms with Gasteiger partial charge in [-0.2, -0.15) is 0 Å². The fourth-order valence-corrected chi connectivity index (χ4v) is 1.50. The largest absolute Gasteiger partial charge is 0.389 e. The van der Waals surface area contributed by atoms with E-state index in [9.17, 15) is 9.50 Å². The zero-order chi connectivity index (χ0) is 10.9. The highest BCUT2D eigenvalue weighted by Crippen LogP contribution is 2.28. The van der Waals surface area contributed by atoms with Gasteiger partial charge in [0.15, 0.2) is 0 Å². The summed E-state index contributed by atoms with van der Waals surface area (Å²) in [6, 6.07) is 3.27. The summed E-state index contributed by atoms with van der Waals surface area (Å²) in [4.78, 5) is 0. The van der Waals surface area contributed by atoms with Gasteiger partial charge in [-0.3, -0.25) is 0 Å². The van der Waals surface area contributed by atoms with Crippen LogP contribution in [0.5, 0.6) is 0 Å². The van der Waals surface area contributed by atoms with Crippen LogP contribution in [0.2, 0.25) is 5.02 Å². The van der Waals surface area contributed by atoms with E-state index >= 15 is 0 Å². The van der Waals surface area contributed by atoms with Crippen LogP contribution >= 0.6 is 11.6 Å². The highest BCUT2D eigenvalue weighted by molar-refractivity contribution is 6.30. The molecule has 1 N–H and O–H groups in total. The van der Waals surface area contributed by atoms with Gasteiger partial charge in [-0.05, 0) is 30.5 Å². The molecule has 1 aromatic rings. The topological polar surface area (TPSA) is 20.2 Å². The van der Waals surface area contributed by atoms with Crippen LogP contribution in [-0.2, 0) is 0 Å². The molecule has 0 bridgehead atoms. The molecule has 1 atom stereocenters. The molecule has 1 rings (SSSR count). The number of hydrogen-bond donors (Lipinski definition) is 1. The maximum absolute atomic E-state index is 13.4. The average Bonchev–Trinajstić information content (AvgIpc) is 2.08. The van der Waals surface area contributed by atoms with E-state index in [1.54, 1.807) is 12.1 Å². The van der Waals surface area contributed by atoms with E-state index in [4.69, 9.17) is 11.6 Å². The van der Waals surface area contributed by atoms with E-state index in [-0.39, 0.29) is 16.5 Å². The zero-order valence-corrected chi connectivity index (χ0v) is 9.27. The Morgan fingerprint density at radius 2 is 1.86 bits per heavy atom. The maximum Gasteiger partial charge on any atom is 0.147 e. The maximum atomic E-state index is 13.4. The minimum absolute atomic E-state index is 0.0760. The van der Waals surface area contributed by atoms with Crippen molar-refractivity contribution < 1.29 is 9.50 Å². The van der Waals surface area contributed by atoms with Gasteiger partial charge in [0, 0.05) is 5.56 Å². The second kappa shape index (κ2) is 4.28. The molecule has 0 heterocycles. The number of aliphatic hydroxyl groups is 1. The Morgan fingerprint density at radius 3 is 2.29 bits per heavy atom. The average molecular weight is 217 g/mol. The van der Waals surface area contributed by atoms with Crippen molar-refractivity contribution in [2.45, 2.75) is 32.8 Å². The molecule has 0 spiro atoms. The summed E-state index contributed by atoms with van der Waals surface area (Å²) in [6.45, 7) is 5.52. The highest BCUT2D eigenvalue weighted by Gasteiger charge is 2.14. The van der Waals surface area contributed by atoms with Crippen molar-refractivity contribution in [3.05, 3.63) is 34.1 Å². The zero-order valence-electron chi connectivity index (χ0n) is 8.51. The van der Waals surface area contributed by atoms with Crippen molar-refractivity contribution in [3.63, 3.8) is 0 Å². The first kappa shape index (κ1) is 11.5. The summed E-state index contributed by atoms with van der Waals surface area (Å²) in [7, 11) is 0. The smallest absolute Gasteiger partial charge is 0.147 e. The summed E-state index contributed by atoms with van der Waals surface area (Å²) in [6.07, 6.45) is -0.828. The number of rotatable bonds is 2. The Bertz CT molecular complexity index is 334. The van der Waals surface area contributed by atoms with Crippen LogP contribution in [0.4, 0.5) is 4.39 Å². The van der Waals surface area contributed by atoms with Gasteiger partial charge >= 0.3 is 0 Å². The standard InChI is InChI=1S/C11H14ClFO/c1-6(2)8-4-9(7(3)14)11(13)10(12)5-8/h4-7,14H,1-3H3. The highest BCUT2D eigenvalue weighted by atomic mass is 35.5. The molecule has 1 unspecified atom stereocenters. The van der Waals surface area contributed by atoms with Crippen molar-refractivity contribution in [1.29, 1.82) is 0 Å². The number of aliphatic hydroxyl groups excluding tert-OH is 1. The molecular weight excluding hydrogens is 203 g/mol. The molecule has 3 heteroatoms. The summed E-state index contributed by atoms with van der Waals surface area (Å²) in [5.41, 5.74) is 1.20. The minimum Gasteiger partial charge on any atom is -0.389 e. The summed E-state index contributed by atoms with van der Waals surface area (Å²) in [5.74, 6) is -0.253. The predicted octanol–water partition coefficient (Wildman–Crippen LogP) is 3.66. The number of halogens is 2. The van der Waals surface area contributed by atoms with E-state index in [1.807, 2.05) is 13.8 Å². The lowest BCUT2D eigenvalue weighted by molar-refractivity contribution is 0.194. The SMILES string of the molecule is CC(C)c1cc(Cl)c(F)c(C(C)O)c1. The Balaban J connectivity index is 3.28. The number of hydrogen-bond acceptors (Lipinski definition) is 1. The normalized spacial score (nSPS) is 13.4. The van der Waals surface area contributed by atoms with Crippen LogP contribution in [0.25, 0.3) is 0 Å². The van der Waals surface area contributed by atoms with Gasteiger partial charge < -0.3 is 5.11 Å². The molecule has 0 aliphatic carbocycles. The van der Waals surface area contributed by atoms with Crippen molar-refractivity contribution in [3.8, 4) is 0 Å². The van der Waals surface area contributed by atoms with Gasteiger partial charge in [0.2, 0.25) is 0 Å². The lowest BCUT2D eigenvalue weighted by Crippen LogP contribution is -2.00. The molecule has 0 aliphatic rings. The second-order valence-electron chi connectivity index (χ2n) is 3.74. The van der Waals surface area contributed by atoms with Gasteiger partial charge in [-0.25, -0.2) is 4.39 Å². The molecule has 1 aromatic carbocycles. The summed E-state index contributed by atoms with van der Waals surface area (Å²) >= 11 is 5.72.